The minimum absolute atomic E-state index is 0.0540. The molecule has 172 valence electrons. The van der Waals surface area contributed by atoms with Crippen LogP contribution >= 0.6 is 23.4 Å². The van der Waals surface area contributed by atoms with Crippen LogP contribution in [0.4, 0.5) is 10.1 Å². The molecule has 2 aromatic carbocycles. The summed E-state index contributed by atoms with van der Waals surface area (Å²) in [6, 6.07) is 10.5. The lowest BCUT2D eigenvalue weighted by Gasteiger charge is -2.15. The first kappa shape index (κ1) is 24.5. The summed E-state index contributed by atoms with van der Waals surface area (Å²) in [7, 11) is 0. The Morgan fingerprint density at radius 3 is 2.73 bits per heavy atom. The van der Waals surface area contributed by atoms with E-state index in [9.17, 15) is 14.0 Å². The van der Waals surface area contributed by atoms with Gasteiger partial charge in [-0.05, 0) is 43.7 Å². The van der Waals surface area contributed by atoms with Gasteiger partial charge in [-0.2, -0.15) is 0 Å². The van der Waals surface area contributed by atoms with Gasteiger partial charge in [-0.25, -0.2) is 4.39 Å². The maximum Gasteiger partial charge on any atom is 0.254 e. The number of nitrogens with zero attached hydrogens (tertiary/aromatic N) is 3. The zero-order valence-corrected chi connectivity index (χ0v) is 19.7. The van der Waals surface area contributed by atoms with Crippen LogP contribution in [-0.2, 0) is 11.3 Å². The van der Waals surface area contributed by atoms with E-state index < -0.39 is 17.8 Å². The molecule has 1 heterocycles. The van der Waals surface area contributed by atoms with E-state index in [-0.39, 0.29) is 17.2 Å². The lowest BCUT2D eigenvalue weighted by molar-refractivity contribution is -0.113. The maximum absolute atomic E-state index is 13.9. The van der Waals surface area contributed by atoms with Gasteiger partial charge in [-0.1, -0.05) is 47.6 Å². The molecule has 2 N–H and O–H groups in total. The molecule has 0 saturated heterocycles. The Balaban J connectivity index is 1.69. The van der Waals surface area contributed by atoms with Crippen LogP contribution in [0.2, 0.25) is 5.02 Å². The topological polar surface area (TPSA) is 88.9 Å². The SMILES string of the molecule is C=CCn1c(SCC(=O)Nc2cccc(Cl)c2C)nnc1C(C)NC(=O)c1ccccc1F. The van der Waals surface area contributed by atoms with Crippen LogP contribution in [0.25, 0.3) is 0 Å². The van der Waals surface area contributed by atoms with E-state index in [0.717, 1.165) is 5.56 Å². The van der Waals surface area contributed by atoms with Gasteiger partial charge in [0.15, 0.2) is 11.0 Å². The molecule has 7 nitrogen and oxygen atoms in total. The van der Waals surface area contributed by atoms with Crippen LogP contribution in [-0.4, -0.2) is 32.3 Å². The van der Waals surface area contributed by atoms with Gasteiger partial charge in [0.1, 0.15) is 5.82 Å². The standard InChI is InChI=1S/C23H23ClFN5O2S/c1-4-12-30-21(15(3)26-22(32)16-8-5-6-10-18(16)25)28-29-23(30)33-13-20(31)27-19-11-7-9-17(24)14(19)2/h4-11,15H,1,12-13H2,2-3H3,(H,26,32)(H,27,31). The first-order valence-electron chi connectivity index (χ1n) is 10.1. The van der Waals surface area contributed by atoms with E-state index in [2.05, 4.69) is 27.4 Å². The highest BCUT2D eigenvalue weighted by Crippen LogP contribution is 2.25. The van der Waals surface area contributed by atoms with Gasteiger partial charge >= 0.3 is 0 Å². The second-order valence-electron chi connectivity index (χ2n) is 7.16. The molecule has 0 aliphatic rings. The summed E-state index contributed by atoms with van der Waals surface area (Å²) in [5.74, 6) is -0.822. The van der Waals surface area contributed by atoms with Crippen molar-refractivity contribution in [2.45, 2.75) is 31.6 Å². The molecule has 1 aromatic heterocycles. The van der Waals surface area contributed by atoms with Crippen molar-refractivity contribution in [1.82, 2.24) is 20.1 Å². The molecule has 0 aliphatic carbocycles. The average Bonchev–Trinajstić information content (AvgIpc) is 3.18. The predicted octanol–water partition coefficient (Wildman–Crippen LogP) is 4.79. The molecular weight excluding hydrogens is 465 g/mol. The van der Waals surface area contributed by atoms with E-state index >= 15 is 0 Å². The molecule has 2 amide bonds. The summed E-state index contributed by atoms with van der Waals surface area (Å²) in [5.41, 5.74) is 1.38. The van der Waals surface area contributed by atoms with Crippen LogP contribution in [0, 0.1) is 12.7 Å². The number of nitrogens with one attached hydrogen (secondary N) is 2. The molecule has 0 bridgehead atoms. The second kappa shape index (κ2) is 11.1. The van der Waals surface area contributed by atoms with Crippen molar-refractivity contribution in [3.63, 3.8) is 0 Å². The van der Waals surface area contributed by atoms with E-state index in [0.29, 0.717) is 28.2 Å². The number of carbonyl (C=O) groups is 2. The lowest BCUT2D eigenvalue weighted by Crippen LogP contribution is -2.29. The molecule has 33 heavy (non-hydrogen) atoms. The monoisotopic (exact) mass is 487 g/mol. The summed E-state index contributed by atoms with van der Waals surface area (Å²) >= 11 is 7.31. The highest BCUT2D eigenvalue weighted by Gasteiger charge is 2.21. The van der Waals surface area contributed by atoms with Gasteiger partial charge in [-0.15, -0.1) is 16.8 Å². The van der Waals surface area contributed by atoms with Crippen molar-refractivity contribution in [1.29, 1.82) is 0 Å². The van der Waals surface area contributed by atoms with Crippen molar-refractivity contribution >= 4 is 40.9 Å². The molecule has 10 heteroatoms. The first-order chi connectivity index (χ1) is 15.8. The molecule has 0 spiro atoms. The number of aromatic nitrogens is 3. The Kier molecular flexibility index (Phi) is 8.24. The number of halogens is 2. The van der Waals surface area contributed by atoms with Crippen molar-refractivity contribution in [3.8, 4) is 0 Å². The van der Waals surface area contributed by atoms with Gasteiger partial charge in [-0.3, -0.25) is 9.59 Å². The number of rotatable bonds is 9. The third kappa shape index (κ3) is 6.00. The summed E-state index contributed by atoms with van der Waals surface area (Å²) < 4.78 is 15.7. The van der Waals surface area contributed by atoms with Crippen LogP contribution in [0.1, 0.15) is 34.7 Å². The lowest BCUT2D eigenvalue weighted by atomic mass is 10.2. The van der Waals surface area contributed by atoms with Gasteiger partial charge in [0, 0.05) is 17.3 Å². The van der Waals surface area contributed by atoms with Crippen molar-refractivity contribution < 1.29 is 14.0 Å². The van der Waals surface area contributed by atoms with Crippen LogP contribution in [0.5, 0.6) is 0 Å². The summed E-state index contributed by atoms with van der Waals surface area (Å²) in [4.78, 5) is 24.9. The molecule has 3 aromatic rings. The summed E-state index contributed by atoms with van der Waals surface area (Å²) in [6.45, 7) is 7.68. The normalized spacial score (nSPS) is 11.6. The van der Waals surface area contributed by atoms with Crippen LogP contribution < -0.4 is 10.6 Å². The Labute approximate surface area is 200 Å². The second-order valence-corrected chi connectivity index (χ2v) is 8.51. The molecule has 0 radical (unpaired) electrons. The Bertz CT molecular complexity index is 1180. The van der Waals surface area contributed by atoms with E-state index in [4.69, 9.17) is 11.6 Å². The third-order valence-corrected chi connectivity index (χ3v) is 6.16. The van der Waals surface area contributed by atoms with Gasteiger partial charge in [0.05, 0.1) is 17.4 Å². The highest BCUT2D eigenvalue weighted by molar-refractivity contribution is 7.99. The van der Waals surface area contributed by atoms with E-state index in [1.165, 1.54) is 30.0 Å². The molecule has 1 unspecified atom stereocenters. The fourth-order valence-corrected chi connectivity index (χ4v) is 4.00. The molecule has 3 rings (SSSR count). The van der Waals surface area contributed by atoms with Gasteiger partial charge in [0.2, 0.25) is 5.91 Å². The fourth-order valence-electron chi connectivity index (χ4n) is 3.07. The third-order valence-electron chi connectivity index (χ3n) is 4.78. The van der Waals surface area contributed by atoms with Crippen LogP contribution in [0.15, 0.2) is 60.3 Å². The number of carbonyl (C=O) groups excluding carboxylic acids is 2. The Hall–Kier alpha value is -3.17. The van der Waals surface area contributed by atoms with E-state index in [1.54, 1.807) is 41.8 Å². The highest BCUT2D eigenvalue weighted by atomic mass is 35.5. The number of hydrogen-bond donors (Lipinski definition) is 2. The quantitative estimate of drug-likeness (QED) is 0.335. The number of amides is 2. The van der Waals surface area contributed by atoms with Gasteiger partial charge in [0.25, 0.3) is 5.91 Å². The van der Waals surface area contributed by atoms with Crippen molar-refractivity contribution in [3.05, 3.63) is 82.9 Å². The first-order valence-corrected chi connectivity index (χ1v) is 11.4. The van der Waals surface area contributed by atoms with Crippen molar-refractivity contribution in [2.75, 3.05) is 11.1 Å². The minimum Gasteiger partial charge on any atom is -0.342 e. The summed E-state index contributed by atoms with van der Waals surface area (Å²) in [6.07, 6.45) is 1.66. The molecule has 0 saturated carbocycles. The molecule has 1 atom stereocenters. The molecule has 0 aliphatic heterocycles. The van der Waals surface area contributed by atoms with Crippen molar-refractivity contribution in [2.24, 2.45) is 0 Å². The van der Waals surface area contributed by atoms with E-state index in [1.807, 2.05) is 6.92 Å². The minimum atomic E-state index is -0.605. The predicted molar refractivity (Wildman–Crippen MR) is 128 cm³/mol. The number of anilines is 1. The fraction of sp³-hybridized carbons (Fsp3) is 0.217. The molecule has 0 fully saturated rings. The zero-order chi connectivity index (χ0) is 24.0. The number of thioether (sulfide) groups is 1. The van der Waals surface area contributed by atoms with Gasteiger partial charge < -0.3 is 15.2 Å². The summed E-state index contributed by atoms with van der Waals surface area (Å²) in [5, 5.41) is 15.0. The Morgan fingerprint density at radius 1 is 1.24 bits per heavy atom. The number of hydrogen-bond acceptors (Lipinski definition) is 5. The molecular formula is C23H23ClFN5O2S. The number of allylic oxidation sites excluding steroid dienone is 1. The van der Waals surface area contributed by atoms with Crippen LogP contribution in [0.3, 0.4) is 0 Å². The largest absolute Gasteiger partial charge is 0.342 e. The average molecular weight is 488 g/mol. The smallest absolute Gasteiger partial charge is 0.254 e. The maximum atomic E-state index is 13.9. The number of benzene rings is 2. The zero-order valence-electron chi connectivity index (χ0n) is 18.1. The Morgan fingerprint density at radius 2 is 2.00 bits per heavy atom.